The van der Waals surface area contributed by atoms with Crippen LogP contribution in [0, 0.1) is 0 Å². The Balaban J connectivity index is 1.97. The molecule has 1 N–H and O–H groups in total. The fraction of sp³-hybridized carbons (Fsp3) is 0.238. The van der Waals surface area contributed by atoms with E-state index in [1.807, 2.05) is 66.9 Å². The fourth-order valence-electron chi connectivity index (χ4n) is 3.59. The predicted octanol–water partition coefficient (Wildman–Crippen LogP) is 3.90. The van der Waals surface area contributed by atoms with Crippen LogP contribution in [0.15, 0.2) is 59.8 Å². The second-order valence-corrected chi connectivity index (χ2v) is 6.36. The summed E-state index contributed by atoms with van der Waals surface area (Å²) in [6, 6.07) is 15.3. The molecule has 0 aliphatic carbocycles. The number of imidazole rings is 1. The Kier molecular flexibility index (Phi) is 4.32. The van der Waals surface area contributed by atoms with E-state index >= 15 is 0 Å². The third-order valence-electron chi connectivity index (χ3n) is 4.72. The topological polar surface area (TPSA) is 65.4 Å². The summed E-state index contributed by atoms with van der Waals surface area (Å²) in [6.45, 7) is 4.39. The van der Waals surface area contributed by atoms with E-state index in [2.05, 4.69) is 5.32 Å². The second-order valence-electron chi connectivity index (χ2n) is 6.36. The number of benzene rings is 2. The Labute approximate surface area is 157 Å². The summed E-state index contributed by atoms with van der Waals surface area (Å²) in [5, 5.41) is 3.25. The number of para-hydroxylation sites is 2. The van der Waals surface area contributed by atoms with Crippen molar-refractivity contribution in [3.05, 3.63) is 65.4 Å². The van der Waals surface area contributed by atoms with Gasteiger partial charge in [-0.15, -0.1) is 0 Å². The maximum absolute atomic E-state index is 12.7. The first-order valence-corrected chi connectivity index (χ1v) is 8.90. The first-order valence-electron chi connectivity index (χ1n) is 8.90. The first kappa shape index (κ1) is 17.1. The lowest BCUT2D eigenvalue weighted by Crippen LogP contribution is -2.28. The Morgan fingerprint density at radius 2 is 2.04 bits per heavy atom. The maximum Gasteiger partial charge on any atom is 0.337 e. The largest absolute Gasteiger partial charge is 0.494 e. The van der Waals surface area contributed by atoms with E-state index < -0.39 is 0 Å². The summed E-state index contributed by atoms with van der Waals surface area (Å²) in [5.74, 6) is 1.10. The minimum atomic E-state index is -0.366. The zero-order valence-electron chi connectivity index (χ0n) is 15.5. The molecule has 6 heteroatoms. The van der Waals surface area contributed by atoms with Crippen molar-refractivity contribution in [3.8, 4) is 5.75 Å². The zero-order valence-corrected chi connectivity index (χ0v) is 15.5. The van der Waals surface area contributed by atoms with Crippen LogP contribution in [0.25, 0.3) is 11.0 Å². The van der Waals surface area contributed by atoms with E-state index in [-0.39, 0.29) is 12.0 Å². The smallest absolute Gasteiger partial charge is 0.337 e. The van der Waals surface area contributed by atoms with Gasteiger partial charge < -0.3 is 14.8 Å². The molecule has 0 saturated heterocycles. The highest BCUT2D eigenvalue weighted by Gasteiger charge is 2.34. The van der Waals surface area contributed by atoms with Crippen LogP contribution < -0.4 is 10.1 Å². The van der Waals surface area contributed by atoms with Crippen LogP contribution >= 0.6 is 0 Å². The SMILES string of the molecule is CCOc1cccc([C@H]2C(C(=O)OC)=C(C)Nc3nc4ccccc4n32)c1. The number of carbonyl (C=O) groups excluding carboxylic acids is 1. The minimum absolute atomic E-state index is 0.360. The molecule has 0 radical (unpaired) electrons. The van der Waals surface area contributed by atoms with Gasteiger partial charge in [0.1, 0.15) is 5.75 Å². The summed E-state index contributed by atoms with van der Waals surface area (Å²) in [7, 11) is 1.40. The first-order chi connectivity index (χ1) is 13.1. The highest BCUT2D eigenvalue weighted by Crippen LogP contribution is 2.40. The van der Waals surface area contributed by atoms with Gasteiger partial charge in [0.15, 0.2) is 0 Å². The van der Waals surface area contributed by atoms with E-state index in [1.165, 1.54) is 7.11 Å². The molecule has 2 aromatic carbocycles. The molecule has 0 bridgehead atoms. The molecule has 3 aromatic rings. The standard InChI is InChI=1S/C21H21N3O3/c1-4-27-15-9-7-8-14(12-15)19-18(20(25)26-3)13(2)22-21-23-16-10-5-6-11-17(16)24(19)21/h5-12,19H,4H2,1-3H3,(H,22,23)/t19-/m0/s1. The fourth-order valence-corrected chi connectivity index (χ4v) is 3.59. The van der Waals surface area contributed by atoms with Crippen molar-refractivity contribution in [1.29, 1.82) is 0 Å². The van der Waals surface area contributed by atoms with Gasteiger partial charge in [0.05, 0.1) is 36.4 Å². The van der Waals surface area contributed by atoms with Crippen molar-refractivity contribution < 1.29 is 14.3 Å². The van der Waals surface area contributed by atoms with Crippen LogP contribution in [0.5, 0.6) is 5.75 Å². The van der Waals surface area contributed by atoms with Gasteiger partial charge in [0, 0.05) is 5.70 Å². The lowest BCUT2D eigenvalue weighted by molar-refractivity contribution is -0.136. The van der Waals surface area contributed by atoms with Crippen LogP contribution in [0.4, 0.5) is 5.95 Å². The highest BCUT2D eigenvalue weighted by molar-refractivity contribution is 5.94. The van der Waals surface area contributed by atoms with E-state index in [0.717, 1.165) is 28.0 Å². The third kappa shape index (κ3) is 2.83. The molecule has 4 rings (SSSR count). The number of nitrogens with one attached hydrogen (secondary N) is 1. The monoisotopic (exact) mass is 363 g/mol. The molecule has 6 nitrogen and oxygen atoms in total. The van der Waals surface area contributed by atoms with Crippen LogP contribution in [-0.4, -0.2) is 29.2 Å². The van der Waals surface area contributed by atoms with Crippen molar-refractivity contribution in [1.82, 2.24) is 9.55 Å². The number of nitrogens with zero attached hydrogens (tertiary/aromatic N) is 2. The number of ether oxygens (including phenoxy) is 2. The number of hydrogen-bond donors (Lipinski definition) is 1. The normalized spacial score (nSPS) is 16.0. The number of hydrogen-bond acceptors (Lipinski definition) is 5. The van der Waals surface area contributed by atoms with Crippen molar-refractivity contribution in [2.45, 2.75) is 19.9 Å². The molecule has 0 amide bonds. The predicted molar refractivity (Wildman–Crippen MR) is 104 cm³/mol. The van der Waals surface area contributed by atoms with E-state index in [0.29, 0.717) is 18.1 Å². The Morgan fingerprint density at radius 3 is 2.81 bits per heavy atom. The van der Waals surface area contributed by atoms with Crippen LogP contribution in [0.1, 0.15) is 25.5 Å². The van der Waals surface area contributed by atoms with Gasteiger partial charge in [0.25, 0.3) is 0 Å². The van der Waals surface area contributed by atoms with Gasteiger partial charge >= 0.3 is 5.97 Å². The van der Waals surface area contributed by atoms with Gasteiger partial charge in [0.2, 0.25) is 5.95 Å². The van der Waals surface area contributed by atoms with Crippen molar-refractivity contribution in [2.24, 2.45) is 0 Å². The lowest BCUT2D eigenvalue weighted by atomic mass is 9.95. The average Bonchev–Trinajstić information content (AvgIpc) is 3.04. The average molecular weight is 363 g/mol. The number of fused-ring (bicyclic) bond motifs is 3. The van der Waals surface area contributed by atoms with Gasteiger partial charge in [-0.1, -0.05) is 24.3 Å². The van der Waals surface area contributed by atoms with Gasteiger partial charge in [-0.05, 0) is 43.7 Å². The summed E-state index contributed by atoms with van der Waals surface area (Å²) in [5.41, 5.74) is 4.04. The van der Waals surface area contributed by atoms with E-state index in [1.54, 1.807) is 0 Å². The summed E-state index contributed by atoms with van der Waals surface area (Å²) < 4.78 is 12.8. The lowest BCUT2D eigenvalue weighted by Gasteiger charge is -2.30. The summed E-state index contributed by atoms with van der Waals surface area (Å²) >= 11 is 0. The van der Waals surface area contributed by atoms with Crippen LogP contribution in [0.2, 0.25) is 0 Å². The maximum atomic E-state index is 12.7. The van der Waals surface area contributed by atoms with Gasteiger partial charge in [-0.3, -0.25) is 4.57 Å². The molecule has 1 aliphatic rings. The minimum Gasteiger partial charge on any atom is -0.494 e. The number of rotatable bonds is 4. The van der Waals surface area contributed by atoms with Gasteiger partial charge in [-0.2, -0.15) is 0 Å². The molecule has 1 aromatic heterocycles. The molecule has 0 spiro atoms. The molecule has 0 unspecified atom stereocenters. The molecular weight excluding hydrogens is 342 g/mol. The third-order valence-corrected chi connectivity index (χ3v) is 4.72. The Bertz CT molecular complexity index is 1050. The molecule has 27 heavy (non-hydrogen) atoms. The number of carbonyl (C=O) groups is 1. The van der Waals surface area contributed by atoms with Crippen molar-refractivity contribution in [3.63, 3.8) is 0 Å². The van der Waals surface area contributed by atoms with Crippen LogP contribution in [0.3, 0.4) is 0 Å². The molecule has 1 aliphatic heterocycles. The van der Waals surface area contributed by atoms with Crippen molar-refractivity contribution in [2.75, 3.05) is 19.0 Å². The van der Waals surface area contributed by atoms with E-state index in [9.17, 15) is 4.79 Å². The molecule has 0 fully saturated rings. The molecular formula is C21H21N3O3. The number of esters is 1. The number of aromatic nitrogens is 2. The number of methoxy groups -OCH3 is 1. The molecule has 0 saturated carbocycles. The second kappa shape index (κ2) is 6.79. The van der Waals surface area contributed by atoms with Gasteiger partial charge in [-0.25, -0.2) is 9.78 Å². The molecule has 2 heterocycles. The summed E-state index contributed by atoms with van der Waals surface area (Å²) in [6.07, 6.45) is 0. The van der Waals surface area contributed by atoms with Crippen molar-refractivity contribution >= 4 is 23.0 Å². The molecule has 138 valence electrons. The van der Waals surface area contributed by atoms with Crippen LogP contribution in [-0.2, 0) is 9.53 Å². The quantitative estimate of drug-likeness (QED) is 0.712. The molecule has 1 atom stereocenters. The Hall–Kier alpha value is -3.28. The number of allylic oxidation sites excluding steroid dienone is 1. The Morgan fingerprint density at radius 1 is 1.22 bits per heavy atom. The number of anilines is 1. The zero-order chi connectivity index (χ0) is 19.0. The van der Waals surface area contributed by atoms with E-state index in [4.69, 9.17) is 14.5 Å². The highest BCUT2D eigenvalue weighted by atomic mass is 16.5. The summed E-state index contributed by atoms with van der Waals surface area (Å²) in [4.78, 5) is 17.3.